The van der Waals surface area contributed by atoms with Crippen molar-refractivity contribution >= 4 is 16.9 Å². The van der Waals surface area contributed by atoms with Crippen LogP contribution in [0.3, 0.4) is 0 Å². The molecule has 3 aromatic rings. The number of hydrogen-bond donors (Lipinski definition) is 0. The van der Waals surface area contributed by atoms with Crippen LogP contribution in [0.25, 0.3) is 11.0 Å². The van der Waals surface area contributed by atoms with Gasteiger partial charge in [0.1, 0.15) is 11.6 Å². The van der Waals surface area contributed by atoms with Crippen LogP contribution < -0.4 is 4.74 Å². The van der Waals surface area contributed by atoms with Gasteiger partial charge in [-0.15, -0.1) is 0 Å². The standard InChI is InChI=1S/C25H31N3O2/c1-2-3-15-27-19-20(18-24(27)29)25-26-22-13-7-8-14-23(22)28(25)16-9-10-17-30-21-11-5-4-6-12-21/h4-8,11-14,20H,2-3,9-10,15-19H2,1H3/t20-/m1/s1. The number of unbranched alkanes of at least 4 members (excludes halogenated alkanes) is 2. The second-order valence-electron chi connectivity index (χ2n) is 8.07. The summed E-state index contributed by atoms with van der Waals surface area (Å²) in [5, 5.41) is 0. The van der Waals surface area contributed by atoms with Crippen LogP contribution in [0.4, 0.5) is 0 Å². The number of ether oxygens (including phenoxy) is 1. The van der Waals surface area contributed by atoms with Crippen molar-refractivity contribution in [3.63, 3.8) is 0 Å². The summed E-state index contributed by atoms with van der Waals surface area (Å²) in [5.74, 6) is 2.43. The summed E-state index contributed by atoms with van der Waals surface area (Å²) < 4.78 is 8.16. The number of rotatable bonds is 10. The molecule has 158 valence electrons. The monoisotopic (exact) mass is 405 g/mol. The fraction of sp³-hybridized carbons (Fsp3) is 0.440. The predicted octanol–water partition coefficient (Wildman–Crippen LogP) is 5.01. The number of nitrogens with zero attached hydrogens (tertiary/aromatic N) is 3. The molecule has 0 N–H and O–H groups in total. The van der Waals surface area contributed by atoms with Crippen LogP contribution in [0.5, 0.6) is 5.75 Å². The Morgan fingerprint density at radius 1 is 1.00 bits per heavy atom. The smallest absolute Gasteiger partial charge is 0.223 e. The van der Waals surface area contributed by atoms with Gasteiger partial charge in [-0.05, 0) is 43.5 Å². The zero-order valence-electron chi connectivity index (χ0n) is 17.8. The molecule has 0 spiro atoms. The molecule has 1 saturated heterocycles. The van der Waals surface area contributed by atoms with E-state index in [-0.39, 0.29) is 11.8 Å². The second-order valence-corrected chi connectivity index (χ2v) is 8.07. The third-order valence-electron chi connectivity index (χ3n) is 5.83. The largest absolute Gasteiger partial charge is 0.494 e. The summed E-state index contributed by atoms with van der Waals surface area (Å²) in [6.45, 7) is 5.42. The number of fused-ring (bicyclic) bond motifs is 1. The molecule has 1 aliphatic rings. The van der Waals surface area contributed by atoms with Crippen molar-refractivity contribution in [3.8, 4) is 5.75 Å². The molecule has 0 radical (unpaired) electrons. The van der Waals surface area contributed by atoms with Gasteiger partial charge in [-0.1, -0.05) is 43.7 Å². The van der Waals surface area contributed by atoms with E-state index in [9.17, 15) is 4.79 Å². The van der Waals surface area contributed by atoms with Crippen molar-refractivity contribution in [1.82, 2.24) is 14.5 Å². The summed E-state index contributed by atoms with van der Waals surface area (Å²) in [7, 11) is 0. The van der Waals surface area contributed by atoms with Gasteiger partial charge in [0, 0.05) is 32.0 Å². The molecule has 1 atom stereocenters. The highest BCUT2D eigenvalue weighted by Crippen LogP contribution is 2.31. The molecule has 1 fully saturated rings. The fourth-order valence-corrected chi connectivity index (χ4v) is 4.23. The average Bonchev–Trinajstić information content (AvgIpc) is 3.33. The van der Waals surface area contributed by atoms with Crippen molar-refractivity contribution in [2.75, 3.05) is 19.7 Å². The van der Waals surface area contributed by atoms with E-state index in [1.807, 2.05) is 41.3 Å². The van der Waals surface area contributed by atoms with Gasteiger partial charge in [-0.25, -0.2) is 4.98 Å². The first kappa shape index (κ1) is 20.5. The zero-order chi connectivity index (χ0) is 20.8. The number of carbonyl (C=O) groups is 1. The Labute approximate surface area is 178 Å². The minimum atomic E-state index is 0.183. The van der Waals surface area contributed by atoms with Gasteiger partial charge in [0.15, 0.2) is 0 Å². The van der Waals surface area contributed by atoms with Gasteiger partial charge in [0.2, 0.25) is 5.91 Å². The molecule has 1 amide bonds. The molecule has 0 saturated carbocycles. The third kappa shape index (κ3) is 4.66. The average molecular weight is 406 g/mol. The van der Waals surface area contributed by atoms with Crippen molar-refractivity contribution in [3.05, 3.63) is 60.4 Å². The van der Waals surface area contributed by atoms with E-state index in [0.717, 1.165) is 67.9 Å². The van der Waals surface area contributed by atoms with E-state index in [1.54, 1.807) is 0 Å². The van der Waals surface area contributed by atoms with Gasteiger partial charge in [0.25, 0.3) is 0 Å². The highest BCUT2D eigenvalue weighted by molar-refractivity contribution is 5.80. The van der Waals surface area contributed by atoms with Crippen molar-refractivity contribution in [1.29, 1.82) is 0 Å². The minimum Gasteiger partial charge on any atom is -0.494 e. The normalized spacial score (nSPS) is 16.5. The maximum absolute atomic E-state index is 12.5. The summed E-state index contributed by atoms with van der Waals surface area (Å²) in [6, 6.07) is 18.3. The molecule has 0 unspecified atom stereocenters. The van der Waals surface area contributed by atoms with Gasteiger partial charge >= 0.3 is 0 Å². The topological polar surface area (TPSA) is 47.4 Å². The Morgan fingerprint density at radius 2 is 1.80 bits per heavy atom. The number of amides is 1. The highest BCUT2D eigenvalue weighted by Gasteiger charge is 2.33. The summed E-state index contributed by atoms with van der Waals surface area (Å²) in [4.78, 5) is 19.5. The van der Waals surface area contributed by atoms with E-state index < -0.39 is 0 Å². The molecule has 2 heterocycles. The molecule has 5 heteroatoms. The quantitative estimate of drug-likeness (QED) is 0.445. The molecule has 2 aromatic carbocycles. The number of hydrogen-bond acceptors (Lipinski definition) is 3. The molecule has 30 heavy (non-hydrogen) atoms. The Balaban J connectivity index is 1.42. The molecule has 0 bridgehead atoms. The van der Waals surface area contributed by atoms with Crippen LogP contribution in [0.2, 0.25) is 0 Å². The molecular formula is C25H31N3O2. The van der Waals surface area contributed by atoms with E-state index in [0.29, 0.717) is 13.0 Å². The lowest BCUT2D eigenvalue weighted by molar-refractivity contribution is -0.127. The van der Waals surface area contributed by atoms with Crippen molar-refractivity contribution in [2.24, 2.45) is 0 Å². The molecule has 1 aromatic heterocycles. The Bertz CT molecular complexity index is 967. The first-order valence-corrected chi connectivity index (χ1v) is 11.2. The number of para-hydroxylation sites is 3. The molecule has 1 aliphatic heterocycles. The van der Waals surface area contributed by atoms with Crippen LogP contribution in [-0.4, -0.2) is 40.1 Å². The number of aromatic nitrogens is 2. The SMILES string of the molecule is CCCCN1C[C@H](c2nc3ccccc3n2CCCCOc2ccccc2)CC1=O. The third-order valence-corrected chi connectivity index (χ3v) is 5.83. The number of benzene rings is 2. The Morgan fingerprint density at radius 3 is 2.63 bits per heavy atom. The summed E-state index contributed by atoms with van der Waals surface area (Å²) in [6.07, 6.45) is 4.74. The van der Waals surface area contributed by atoms with E-state index in [1.165, 1.54) is 0 Å². The van der Waals surface area contributed by atoms with Crippen LogP contribution in [0, 0.1) is 0 Å². The molecular weight excluding hydrogens is 374 g/mol. The van der Waals surface area contributed by atoms with Crippen molar-refractivity contribution in [2.45, 2.75) is 51.5 Å². The second kappa shape index (κ2) is 9.79. The number of aryl methyl sites for hydroxylation is 1. The number of likely N-dealkylation sites (tertiary alicyclic amines) is 1. The van der Waals surface area contributed by atoms with Crippen LogP contribution in [0.1, 0.15) is 50.8 Å². The Hall–Kier alpha value is -2.82. The van der Waals surface area contributed by atoms with E-state index in [4.69, 9.17) is 9.72 Å². The van der Waals surface area contributed by atoms with Gasteiger partial charge in [-0.2, -0.15) is 0 Å². The number of imidazole rings is 1. The summed E-state index contributed by atoms with van der Waals surface area (Å²) >= 11 is 0. The lowest BCUT2D eigenvalue weighted by Crippen LogP contribution is -2.26. The van der Waals surface area contributed by atoms with Crippen LogP contribution in [-0.2, 0) is 11.3 Å². The maximum atomic E-state index is 12.5. The van der Waals surface area contributed by atoms with E-state index >= 15 is 0 Å². The van der Waals surface area contributed by atoms with Crippen LogP contribution in [0.15, 0.2) is 54.6 Å². The van der Waals surface area contributed by atoms with Gasteiger partial charge < -0.3 is 14.2 Å². The molecule has 4 rings (SSSR count). The minimum absolute atomic E-state index is 0.183. The maximum Gasteiger partial charge on any atom is 0.223 e. The number of carbonyl (C=O) groups excluding carboxylic acids is 1. The predicted molar refractivity (Wildman–Crippen MR) is 120 cm³/mol. The zero-order valence-corrected chi connectivity index (χ0v) is 17.8. The fourth-order valence-electron chi connectivity index (χ4n) is 4.23. The first-order valence-electron chi connectivity index (χ1n) is 11.2. The van der Waals surface area contributed by atoms with Gasteiger partial charge in [-0.3, -0.25) is 4.79 Å². The highest BCUT2D eigenvalue weighted by atomic mass is 16.5. The Kier molecular flexibility index (Phi) is 6.67. The molecule has 0 aliphatic carbocycles. The first-order chi connectivity index (χ1) is 14.8. The van der Waals surface area contributed by atoms with E-state index in [2.05, 4.69) is 29.7 Å². The van der Waals surface area contributed by atoms with Crippen LogP contribution >= 0.6 is 0 Å². The van der Waals surface area contributed by atoms with Gasteiger partial charge in [0.05, 0.1) is 17.6 Å². The molecule has 5 nitrogen and oxygen atoms in total. The summed E-state index contributed by atoms with van der Waals surface area (Å²) in [5.41, 5.74) is 2.18. The lowest BCUT2D eigenvalue weighted by Gasteiger charge is -2.17. The van der Waals surface area contributed by atoms with Crippen molar-refractivity contribution < 1.29 is 9.53 Å². The lowest BCUT2D eigenvalue weighted by atomic mass is 10.1.